The summed E-state index contributed by atoms with van der Waals surface area (Å²) in [5.41, 5.74) is -0.172. The fourth-order valence-electron chi connectivity index (χ4n) is 1.94. The molecule has 0 fully saturated rings. The van der Waals surface area contributed by atoms with E-state index in [2.05, 4.69) is 10.4 Å². The second-order valence-electron chi connectivity index (χ2n) is 5.00. The van der Waals surface area contributed by atoms with Gasteiger partial charge in [0.05, 0.1) is 23.3 Å². The van der Waals surface area contributed by atoms with Crippen molar-refractivity contribution in [3.05, 3.63) is 46.7 Å². The first kappa shape index (κ1) is 17.1. The third-order valence-electron chi connectivity index (χ3n) is 3.05. The van der Waals surface area contributed by atoms with Crippen LogP contribution in [-0.4, -0.2) is 27.8 Å². The number of aryl methyl sites for hydroxylation is 1. The molecule has 0 saturated carbocycles. The highest BCUT2D eigenvalue weighted by atomic mass is 35.5. The molecule has 1 aromatic carbocycles. The summed E-state index contributed by atoms with van der Waals surface area (Å²) in [6.45, 7) is 0.277. The Balaban J connectivity index is 2.08. The zero-order valence-corrected chi connectivity index (χ0v) is 13.1. The van der Waals surface area contributed by atoms with Gasteiger partial charge in [0.1, 0.15) is 0 Å². The number of rotatable bonds is 3. The molecule has 9 heteroatoms. The van der Waals surface area contributed by atoms with Crippen LogP contribution in [0.25, 0.3) is 0 Å². The van der Waals surface area contributed by atoms with E-state index in [1.54, 1.807) is 24.1 Å². The van der Waals surface area contributed by atoms with E-state index < -0.39 is 22.8 Å². The van der Waals surface area contributed by atoms with Crippen molar-refractivity contribution < 1.29 is 18.0 Å². The second kappa shape index (κ2) is 6.49. The van der Waals surface area contributed by atoms with E-state index in [0.29, 0.717) is 0 Å². The first-order chi connectivity index (χ1) is 10.7. The minimum Gasteiger partial charge on any atom is -0.323 e. The van der Waals surface area contributed by atoms with Crippen molar-refractivity contribution in [2.75, 3.05) is 12.4 Å². The van der Waals surface area contributed by atoms with E-state index in [9.17, 15) is 18.0 Å². The lowest BCUT2D eigenvalue weighted by atomic mass is 10.2. The molecular weight excluding hydrogens is 333 g/mol. The summed E-state index contributed by atoms with van der Waals surface area (Å²) in [5, 5.41) is 5.97. The monoisotopic (exact) mass is 346 g/mol. The number of amides is 2. The number of aromatic nitrogens is 2. The fraction of sp³-hybridized carbons (Fsp3) is 0.286. The predicted octanol–water partition coefficient (Wildman–Crippen LogP) is 3.76. The summed E-state index contributed by atoms with van der Waals surface area (Å²) >= 11 is 5.54. The number of urea groups is 1. The summed E-state index contributed by atoms with van der Waals surface area (Å²) in [5.74, 6) is 0. The standard InChI is InChI=1S/C14H14ClF3N4O/c1-21(7-9-6-19-22(2)8-9)13(23)20-10-3-4-12(15)11(5-10)14(16,17)18/h3-6,8H,7H2,1-2H3,(H,20,23). The zero-order chi connectivity index (χ0) is 17.2. The summed E-state index contributed by atoms with van der Waals surface area (Å²) in [7, 11) is 3.28. The lowest BCUT2D eigenvalue weighted by Gasteiger charge is -2.18. The lowest BCUT2D eigenvalue weighted by Crippen LogP contribution is -2.30. The maximum absolute atomic E-state index is 12.8. The average Bonchev–Trinajstić information content (AvgIpc) is 2.85. The predicted molar refractivity (Wildman–Crippen MR) is 80.1 cm³/mol. The van der Waals surface area contributed by atoms with Crippen molar-refractivity contribution in [2.24, 2.45) is 7.05 Å². The van der Waals surface area contributed by atoms with Crippen molar-refractivity contribution in [3.8, 4) is 0 Å². The molecule has 2 amide bonds. The van der Waals surface area contributed by atoms with Gasteiger partial charge in [0.25, 0.3) is 0 Å². The van der Waals surface area contributed by atoms with Crippen LogP contribution < -0.4 is 5.32 Å². The Labute approximate surface area is 135 Å². The van der Waals surface area contributed by atoms with Crippen LogP contribution in [0.15, 0.2) is 30.6 Å². The minimum absolute atomic E-state index is 0.0183. The molecule has 23 heavy (non-hydrogen) atoms. The van der Waals surface area contributed by atoms with Crippen LogP contribution in [0.3, 0.4) is 0 Å². The Morgan fingerprint density at radius 3 is 2.70 bits per heavy atom. The van der Waals surface area contributed by atoms with E-state index in [0.717, 1.165) is 17.7 Å². The Hall–Kier alpha value is -2.22. The van der Waals surface area contributed by atoms with Crippen molar-refractivity contribution in [1.29, 1.82) is 0 Å². The summed E-state index contributed by atoms with van der Waals surface area (Å²) in [6, 6.07) is 2.68. The van der Waals surface area contributed by atoms with E-state index >= 15 is 0 Å². The van der Waals surface area contributed by atoms with E-state index in [1.165, 1.54) is 18.0 Å². The Bertz CT molecular complexity index is 714. The largest absolute Gasteiger partial charge is 0.417 e. The maximum atomic E-state index is 12.8. The highest BCUT2D eigenvalue weighted by Gasteiger charge is 2.33. The van der Waals surface area contributed by atoms with Crippen LogP contribution in [0, 0.1) is 0 Å². The molecule has 0 aliphatic rings. The van der Waals surface area contributed by atoms with Gasteiger partial charge in [-0.2, -0.15) is 18.3 Å². The molecule has 124 valence electrons. The molecule has 0 aliphatic heterocycles. The molecule has 0 radical (unpaired) electrons. The van der Waals surface area contributed by atoms with Gasteiger partial charge in [-0.3, -0.25) is 4.68 Å². The maximum Gasteiger partial charge on any atom is 0.417 e. The first-order valence-corrected chi connectivity index (χ1v) is 6.91. The summed E-state index contributed by atoms with van der Waals surface area (Å²) in [6.07, 6.45) is -1.24. The third-order valence-corrected chi connectivity index (χ3v) is 3.38. The molecule has 0 saturated heterocycles. The molecule has 0 unspecified atom stereocenters. The van der Waals surface area contributed by atoms with Crippen LogP contribution in [0.4, 0.5) is 23.7 Å². The van der Waals surface area contributed by atoms with Crippen LogP contribution in [0.1, 0.15) is 11.1 Å². The molecule has 5 nitrogen and oxygen atoms in total. The fourth-order valence-corrected chi connectivity index (χ4v) is 2.16. The Morgan fingerprint density at radius 1 is 1.43 bits per heavy atom. The topological polar surface area (TPSA) is 50.2 Å². The van der Waals surface area contributed by atoms with Gasteiger partial charge in [-0.05, 0) is 18.2 Å². The van der Waals surface area contributed by atoms with Gasteiger partial charge in [0.15, 0.2) is 0 Å². The molecule has 1 heterocycles. The smallest absolute Gasteiger partial charge is 0.323 e. The van der Waals surface area contributed by atoms with Gasteiger partial charge < -0.3 is 10.2 Å². The van der Waals surface area contributed by atoms with Gasteiger partial charge in [0.2, 0.25) is 0 Å². The molecule has 2 aromatic rings. The molecule has 2 rings (SSSR count). The number of hydrogen-bond donors (Lipinski definition) is 1. The minimum atomic E-state index is -4.58. The lowest BCUT2D eigenvalue weighted by molar-refractivity contribution is -0.137. The van der Waals surface area contributed by atoms with Crippen LogP contribution in [0.2, 0.25) is 5.02 Å². The number of carbonyl (C=O) groups excluding carboxylic acids is 1. The Morgan fingerprint density at radius 2 is 2.13 bits per heavy atom. The van der Waals surface area contributed by atoms with E-state index in [-0.39, 0.29) is 12.2 Å². The van der Waals surface area contributed by atoms with Gasteiger partial charge in [-0.1, -0.05) is 11.6 Å². The molecule has 0 aliphatic carbocycles. The van der Waals surface area contributed by atoms with Gasteiger partial charge >= 0.3 is 12.2 Å². The molecule has 0 spiro atoms. The quantitative estimate of drug-likeness (QED) is 0.920. The average molecular weight is 347 g/mol. The number of alkyl halides is 3. The van der Waals surface area contributed by atoms with Crippen molar-refractivity contribution in [2.45, 2.75) is 12.7 Å². The SMILES string of the molecule is CN(Cc1cnn(C)c1)C(=O)Nc1ccc(Cl)c(C(F)(F)F)c1. The van der Waals surface area contributed by atoms with Gasteiger partial charge in [0, 0.05) is 31.5 Å². The van der Waals surface area contributed by atoms with Crippen LogP contribution in [-0.2, 0) is 19.8 Å². The zero-order valence-electron chi connectivity index (χ0n) is 12.4. The number of nitrogens with zero attached hydrogens (tertiary/aromatic N) is 3. The summed E-state index contributed by atoms with van der Waals surface area (Å²) < 4.78 is 40.0. The van der Waals surface area contributed by atoms with E-state index in [1.807, 2.05) is 0 Å². The van der Waals surface area contributed by atoms with Crippen LogP contribution >= 0.6 is 11.6 Å². The number of benzene rings is 1. The highest BCUT2D eigenvalue weighted by molar-refractivity contribution is 6.31. The second-order valence-corrected chi connectivity index (χ2v) is 5.41. The molecular formula is C14H14ClF3N4O. The molecule has 1 N–H and O–H groups in total. The molecule has 0 atom stereocenters. The molecule has 1 aromatic heterocycles. The van der Waals surface area contributed by atoms with Gasteiger partial charge in [-0.25, -0.2) is 4.79 Å². The molecule has 0 bridgehead atoms. The number of hydrogen-bond acceptors (Lipinski definition) is 2. The van der Waals surface area contributed by atoms with Crippen molar-refractivity contribution in [3.63, 3.8) is 0 Å². The third kappa shape index (κ3) is 4.38. The van der Waals surface area contributed by atoms with E-state index in [4.69, 9.17) is 11.6 Å². The number of nitrogens with one attached hydrogen (secondary N) is 1. The first-order valence-electron chi connectivity index (χ1n) is 6.53. The number of anilines is 1. The Kier molecular flexibility index (Phi) is 4.84. The summed E-state index contributed by atoms with van der Waals surface area (Å²) in [4.78, 5) is 13.4. The normalized spacial score (nSPS) is 11.4. The van der Waals surface area contributed by atoms with Crippen molar-refractivity contribution in [1.82, 2.24) is 14.7 Å². The highest BCUT2D eigenvalue weighted by Crippen LogP contribution is 2.36. The van der Waals surface area contributed by atoms with Gasteiger partial charge in [-0.15, -0.1) is 0 Å². The van der Waals surface area contributed by atoms with Crippen LogP contribution in [0.5, 0.6) is 0 Å². The number of carbonyl (C=O) groups is 1. The number of halogens is 4. The van der Waals surface area contributed by atoms with Crippen molar-refractivity contribution >= 4 is 23.3 Å².